The molecule has 0 amide bonds. The molecule has 0 unspecified atom stereocenters. The predicted molar refractivity (Wildman–Crippen MR) is 91.9 cm³/mol. The van der Waals surface area contributed by atoms with E-state index in [2.05, 4.69) is 47.8 Å². The van der Waals surface area contributed by atoms with Gasteiger partial charge in [0, 0.05) is 10.0 Å². The van der Waals surface area contributed by atoms with Crippen LogP contribution in [0, 0.1) is 5.82 Å². The van der Waals surface area contributed by atoms with E-state index < -0.39 is 5.82 Å². The van der Waals surface area contributed by atoms with E-state index in [-0.39, 0.29) is 15.2 Å². The molecule has 0 heterocycles. The van der Waals surface area contributed by atoms with Gasteiger partial charge in [-0.3, -0.25) is 0 Å². The normalized spacial score (nSPS) is 10.4. The molecule has 0 aliphatic heterocycles. The minimum Gasteiger partial charge on any atom is -0.453 e. The fraction of sp³-hybridized carbons (Fsp3) is 0. The molecule has 0 aliphatic rings. The average molecular weight is 484 g/mol. The van der Waals surface area contributed by atoms with Crippen LogP contribution in [-0.4, -0.2) is 4.99 Å². The molecule has 0 aromatic heterocycles. The number of halogens is 4. The van der Waals surface area contributed by atoms with Crippen molar-refractivity contribution in [2.24, 2.45) is 5.73 Å². The molecule has 0 bridgehead atoms. The van der Waals surface area contributed by atoms with Crippen molar-refractivity contribution < 1.29 is 9.13 Å². The van der Waals surface area contributed by atoms with Crippen LogP contribution in [0.4, 0.5) is 4.39 Å². The van der Waals surface area contributed by atoms with Crippen LogP contribution in [0.25, 0.3) is 0 Å². The number of thiocarbonyl (C=S) groups is 1. The van der Waals surface area contributed by atoms with Crippen LogP contribution in [0.15, 0.2) is 43.7 Å². The monoisotopic (exact) mass is 481 g/mol. The fourth-order valence-corrected chi connectivity index (χ4v) is 3.45. The van der Waals surface area contributed by atoms with Gasteiger partial charge in [-0.05, 0) is 62.2 Å². The maximum atomic E-state index is 14.2. The molecule has 2 N–H and O–H groups in total. The van der Waals surface area contributed by atoms with Crippen molar-refractivity contribution >= 4 is 65.0 Å². The van der Waals surface area contributed by atoms with E-state index in [4.69, 9.17) is 22.7 Å². The predicted octanol–water partition coefficient (Wildman–Crippen LogP) is 5.54. The van der Waals surface area contributed by atoms with Crippen LogP contribution in [-0.2, 0) is 0 Å². The number of benzene rings is 2. The van der Waals surface area contributed by atoms with E-state index in [1.165, 1.54) is 6.07 Å². The molecule has 0 atom stereocenters. The molecule has 104 valence electrons. The second-order valence-electron chi connectivity index (χ2n) is 3.78. The first-order chi connectivity index (χ1) is 9.40. The number of hydrogen-bond donors (Lipinski definition) is 1. The summed E-state index contributed by atoms with van der Waals surface area (Å²) in [6, 6.07) is 8.44. The van der Waals surface area contributed by atoms with Crippen molar-refractivity contribution in [3.63, 3.8) is 0 Å². The largest absolute Gasteiger partial charge is 0.453 e. The molecule has 2 aromatic carbocycles. The quantitative estimate of drug-likeness (QED) is 0.582. The third kappa shape index (κ3) is 3.39. The zero-order chi connectivity index (χ0) is 14.9. The maximum Gasteiger partial charge on any atom is 0.180 e. The van der Waals surface area contributed by atoms with Crippen molar-refractivity contribution in [3.05, 3.63) is 55.1 Å². The van der Waals surface area contributed by atoms with E-state index >= 15 is 0 Å². The van der Waals surface area contributed by atoms with E-state index in [9.17, 15) is 4.39 Å². The highest BCUT2D eigenvalue weighted by Gasteiger charge is 2.15. The van der Waals surface area contributed by atoms with Crippen LogP contribution < -0.4 is 10.5 Å². The summed E-state index contributed by atoms with van der Waals surface area (Å²) >= 11 is 14.7. The fourth-order valence-electron chi connectivity index (χ4n) is 1.48. The molecule has 0 radical (unpaired) electrons. The summed E-state index contributed by atoms with van der Waals surface area (Å²) < 4.78 is 21.6. The van der Waals surface area contributed by atoms with Crippen molar-refractivity contribution in [3.8, 4) is 11.5 Å². The van der Waals surface area contributed by atoms with Gasteiger partial charge >= 0.3 is 0 Å². The van der Waals surface area contributed by atoms with Gasteiger partial charge in [0.15, 0.2) is 11.6 Å². The molecule has 0 aliphatic carbocycles. The maximum absolute atomic E-state index is 14.2. The summed E-state index contributed by atoms with van der Waals surface area (Å²) in [5, 5.41) is 0. The van der Waals surface area contributed by atoms with Gasteiger partial charge in [-0.25, -0.2) is 4.39 Å². The zero-order valence-electron chi connectivity index (χ0n) is 9.79. The Bertz CT molecular complexity index is 694. The lowest BCUT2D eigenvalue weighted by Gasteiger charge is -2.11. The molecule has 0 fully saturated rings. The summed E-state index contributed by atoms with van der Waals surface area (Å²) in [6.07, 6.45) is 0. The van der Waals surface area contributed by atoms with Crippen molar-refractivity contribution in [1.29, 1.82) is 0 Å². The van der Waals surface area contributed by atoms with E-state index in [0.29, 0.717) is 15.8 Å². The minimum atomic E-state index is -0.551. The van der Waals surface area contributed by atoms with E-state index in [1.807, 2.05) is 6.07 Å². The van der Waals surface area contributed by atoms with E-state index in [1.54, 1.807) is 18.2 Å². The van der Waals surface area contributed by atoms with Crippen molar-refractivity contribution in [2.45, 2.75) is 0 Å². The Kier molecular flexibility index (Phi) is 5.17. The highest BCUT2D eigenvalue weighted by molar-refractivity contribution is 9.11. The Hall–Kier alpha value is -0.500. The number of nitrogens with two attached hydrogens (primary N) is 1. The van der Waals surface area contributed by atoms with Crippen LogP contribution in [0.2, 0.25) is 0 Å². The van der Waals surface area contributed by atoms with Crippen LogP contribution in [0.1, 0.15) is 5.56 Å². The Morgan fingerprint density at radius 1 is 1.10 bits per heavy atom. The summed E-state index contributed by atoms with van der Waals surface area (Å²) in [7, 11) is 0. The smallest absolute Gasteiger partial charge is 0.180 e. The molecule has 2 rings (SSSR count). The van der Waals surface area contributed by atoms with Gasteiger partial charge in [0.2, 0.25) is 0 Å². The van der Waals surface area contributed by atoms with Gasteiger partial charge in [0.25, 0.3) is 0 Å². The van der Waals surface area contributed by atoms with Gasteiger partial charge < -0.3 is 10.5 Å². The SMILES string of the molecule is NC(=S)c1ccc(Oc2ccc(Br)cc2Br)c(F)c1Br. The van der Waals surface area contributed by atoms with Gasteiger partial charge in [0.1, 0.15) is 10.7 Å². The summed E-state index contributed by atoms with van der Waals surface area (Å²) in [4.78, 5) is 0.118. The lowest BCUT2D eigenvalue weighted by molar-refractivity contribution is 0.438. The average Bonchev–Trinajstić information content (AvgIpc) is 2.37. The Labute approximate surface area is 145 Å². The summed E-state index contributed by atoms with van der Waals surface area (Å²) in [6.45, 7) is 0. The molecule has 20 heavy (non-hydrogen) atoms. The molecular weight excluding hydrogens is 477 g/mol. The zero-order valence-corrected chi connectivity index (χ0v) is 15.4. The number of rotatable bonds is 3. The first-order valence-corrected chi connectivity index (χ1v) is 8.09. The molecule has 2 aromatic rings. The second-order valence-corrected chi connectivity index (χ2v) is 6.78. The molecule has 0 saturated carbocycles. The van der Waals surface area contributed by atoms with Crippen molar-refractivity contribution in [2.75, 3.05) is 0 Å². The summed E-state index contributed by atoms with van der Waals surface area (Å²) in [5.74, 6) is 0.0343. The van der Waals surface area contributed by atoms with Crippen LogP contribution >= 0.6 is 60.0 Å². The lowest BCUT2D eigenvalue weighted by atomic mass is 10.2. The van der Waals surface area contributed by atoms with Gasteiger partial charge in [-0.15, -0.1) is 0 Å². The molecule has 0 spiro atoms. The van der Waals surface area contributed by atoms with Gasteiger partial charge in [-0.1, -0.05) is 28.1 Å². The highest BCUT2D eigenvalue weighted by Crippen LogP contribution is 2.35. The minimum absolute atomic E-state index is 0.0832. The molecule has 0 saturated heterocycles. The first-order valence-electron chi connectivity index (χ1n) is 5.31. The van der Waals surface area contributed by atoms with Crippen molar-refractivity contribution in [1.82, 2.24) is 0 Å². The molecule has 2 nitrogen and oxygen atoms in total. The highest BCUT2D eigenvalue weighted by atomic mass is 79.9. The third-order valence-corrected chi connectivity index (χ3v) is 4.53. The molecular formula is C13H7Br3FNOS. The Balaban J connectivity index is 2.39. The summed E-state index contributed by atoms with van der Waals surface area (Å²) in [5.41, 5.74) is 5.94. The Morgan fingerprint density at radius 2 is 1.75 bits per heavy atom. The van der Waals surface area contributed by atoms with Crippen LogP contribution in [0.3, 0.4) is 0 Å². The topological polar surface area (TPSA) is 35.2 Å². The van der Waals surface area contributed by atoms with Gasteiger partial charge in [-0.2, -0.15) is 0 Å². The number of ether oxygens (including phenoxy) is 1. The lowest BCUT2D eigenvalue weighted by Crippen LogP contribution is -2.11. The second kappa shape index (κ2) is 6.51. The standard InChI is InChI=1S/C13H7Br3FNOS/c14-6-1-3-9(8(15)5-6)19-10-4-2-7(13(18)20)11(16)12(10)17/h1-5H,(H2,18,20). The van der Waals surface area contributed by atoms with Crippen LogP contribution in [0.5, 0.6) is 11.5 Å². The Morgan fingerprint density at radius 3 is 2.35 bits per heavy atom. The first kappa shape index (κ1) is 15.9. The number of hydrogen-bond acceptors (Lipinski definition) is 2. The van der Waals surface area contributed by atoms with E-state index in [0.717, 1.165) is 4.47 Å². The van der Waals surface area contributed by atoms with Gasteiger partial charge in [0.05, 0.1) is 8.95 Å². The molecule has 7 heteroatoms. The third-order valence-electron chi connectivity index (χ3n) is 2.43.